The maximum Gasteiger partial charge on any atom is 0.260 e. The first-order chi connectivity index (χ1) is 8.52. The Balaban J connectivity index is 2.09. The topological polar surface area (TPSA) is 41.1 Å². The fourth-order valence-electron chi connectivity index (χ4n) is 2.17. The number of carbonyl (C=O) groups is 1. The molecule has 1 atom stereocenters. The van der Waals surface area contributed by atoms with Gasteiger partial charge in [0.15, 0.2) is 0 Å². The molecular formula is C13H16F2N2O. The fraction of sp³-hybridized carbons (Fsp3) is 0.462. The second kappa shape index (κ2) is 4.65. The van der Waals surface area contributed by atoms with Crippen LogP contribution in [-0.2, 0) is 10.2 Å². The maximum atomic E-state index is 13.6. The molecule has 0 aromatic heterocycles. The van der Waals surface area contributed by atoms with Crippen LogP contribution in [0.25, 0.3) is 0 Å². The van der Waals surface area contributed by atoms with Crippen LogP contribution in [-0.4, -0.2) is 32.0 Å². The molecule has 0 aliphatic heterocycles. The molecule has 1 fully saturated rings. The zero-order valence-electron chi connectivity index (χ0n) is 10.2. The summed E-state index contributed by atoms with van der Waals surface area (Å²) in [6.07, 6.45) is -0.205. The van der Waals surface area contributed by atoms with Crippen molar-refractivity contribution in [3.63, 3.8) is 0 Å². The number of hydrogen-bond donors (Lipinski definition) is 2. The highest BCUT2D eigenvalue weighted by Gasteiger charge is 2.71. The lowest BCUT2D eigenvalue weighted by atomic mass is 9.95. The maximum absolute atomic E-state index is 13.6. The van der Waals surface area contributed by atoms with Crippen molar-refractivity contribution in [3.05, 3.63) is 35.9 Å². The van der Waals surface area contributed by atoms with Crippen molar-refractivity contribution in [2.24, 2.45) is 0 Å². The van der Waals surface area contributed by atoms with Gasteiger partial charge in [0, 0.05) is 13.0 Å². The molecule has 2 rings (SSSR count). The molecule has 1 aromatic carbocycles. The summed E-state index contributed by atoms with van der Waals surface area (Å²) in [4.78, 5) is 11.3. The van der Waals surface area contributed by atoms with E-state index in [1.54, 1.807) is 37.4 Å². The summed E-state index contributed by atoms with van der Waals surface area (Å²) in [5.41, 5.74) is -0.641. The molecule has 1 amide bonds. The van der Waals surface area contributed by atoms with Crippen LogP contribution in [0.3, 0.4) is 0 Å². The smallest absolute Gasteiger partial charge is 0.260 e. The van der Waals surface area contributed by atoms with Crippen LogP contribution < -0.4 is 10.6 Å². The average Bonchev–Trinajstić information content (AvgIpc) is 2.92. The van der Waals surface area contributed by atoms with Crippen LogP contribution in [0.4, 0.5) is 8.78 Å². The average molecular weight is 254 g/mol. The number of rotatable bonds is 5. The Kier molecular flexibility index (Phi) is 3.34. The first-order valence-electron chi connectivity index (χ1n) is 5.86. The lowest BCUT2D eigenvalue weighted by molar-refractivity contribution is -0.120. The minimum absolute atomic E-state index is 0.0233. The van der Waals surface area contributed by atoms with Gasteiger partial charge in [-0.25, -0.2) is 8.78 Å². The molecule has 2 N–H and O–H groups in total. The molecule has 1 aromatic rings. The molecule has 98 valence electrons. The Morgan fingerprint density at radius 2 is 1.94 bits per heavy atom. The van der Waals surface area contributed by atoms with E-state index in [0.29, 0.717) is 5.56 Å². The van der Waals surface area contributed by atoms with Crippen molar-refractivity contribution in [1.82, 2.24) is 10.6 Å². The van der Waals surface area contributed by atoms with Gasteiger partial charge in [0.2, 0.25) is 5.91 Å². The van der Waals surface area contributed by atoms with Gasteiger partial charge in [0.05, 0.1) is 12.0 Å². The van der Waals surface area contributed by atoms with Crippen molar-refractivity contribution in [3.8, 4) is 0 Å². The van der Waals surface area contributed by atoms with Gasteiger partial charge in [0.1, 0.15) is 0 Å². The van der Waals surface area contributed by atoms with E-state index in [0.717, 1.165) is 0 Å². The number of amides is 1. The highest BCUT2D eigenvalue weighted by molar-refractivity contribution is 5.78. The molecule has 18 heavy (non-hydrogen) atoms. The molecule has 1 aliphatic carbocycles. The molecule has 1 aliphatic rings. The zero-order chi connectivity index (χ0) is 13.2. The minimum atomic E-state index is -2.73. The van der Waals surface area contributed by atoms with E-state index in [9.17, 15) is 13.6 Å². The Morgan fingerprint density at radius 1 is 1.33 bits per heavy atom. The van der Waals surface area contributed by atoms with Gasteiger partial charge in [0.25, 0.3) is 5.92 Å². The summed E-state index contributed by atoms with van der Waals surface area (Å²) in [6, 6.07) is 8.63. The number of hydrogen-bond acceptors (Lipinski definition) is 2. The highest BCUT2D eigenvalue weighted by Crippen LogP contribution is 2.61. The Hall–Kier alpha value is -1.49. The summed E-state index contributed by atoms with van der Waals surface area (Å²) in [5.74, 6) is -3.00. The third-order valence-corrected chi connectivity index (χ3v) is 3.35. The standard InChI is InChI=1S/C13H16F2N2O/c1-16-7-11(18)17-9-12(8-13(12,14)15)10-5-3-2-4-6-10/h2-6,16H,7-9H2,1H3,(H,17,18). The Labute approximate surface area is 105 Å². The SMILES string of the molecule is CNCC(=O)NCC1(c2ccccc2)CC1(F)F. The number of nitrogens with one attached hydrogen (secondary N) is 2. The highest BCUT2D eigenvalue weighted by atomic mass is 19.3. The third-order valence-electron chi connectivity index (χ3n) is 3.35. The second-order valence-electron chi connectivity index (χ2n) is 4.64. The Bertz CT molecular complexity index is 436. The molecule has 1 unspecified atom stereocenters. The lowest BCUT2D eigenvalue weighted by Crippen LogP contribution is -2.39. The van der Waals surface area contributed by atoms with E-state index >= 15 is 0 Å². The molecule has 1 saturated carbocycles. The van der Waals surface area contributed by atoms with Gasteiger partial charge >= 0.3 is 0 Å². The van der Waals surface area contributed by atoms with E-state index in [4.69, 9.17) is 0 Å². The van der Waals surface area contributed by atoms with Crippen LogP contribution in [0.1, 0.15) is 12.0 Å². The summed E-state index contributed by atoms with van der Waals surface area (Å²) < 4.78 is 27.2. The van der Waals surface area contributed by atoms with Crippen molar-refractivity contribution in [2.45, 2.75) is 17.8 Å². The normalized spacial score (nSPS) is 24.6. The molecule has 0 spiro atoms. The minimum Gasteiger partial charge on any atom is -0.354 e. The number of alkyl halides is 2. The van der Waals surface area contributed by atoms with Crippen LogP contribution >= 0.6 is 0 Å². The lowest BCUT2D eigenvalue weighted by Gasteiger charge is -2.17. The molecular weight excluding hydrogens is 238 g/mol. The van der Waals surface area contributed by atoms with Crippen molar-refractivity contribution < 1.29 is 13.6 Å². The first kappa shape index (κ1) is 13.0. The zero-order valence-corrected chi connectivity index (χ0v) is 10.2. The van der Waals surface area contributed by atoms with E-state index in [-0.39, 0.29) is 25.4 Å². The molecule has 0 saturated heterocycles. The van der Waals surface area contributed by atoms with Crippen molar-refractivity contribution >= 4 is 5.91 Å². The number of benzene rings is 1. The molecule has 0 heterocycles. The van der Waals surface area contributed by atoms with Crippen LogP contribution in [0.5, 0.6) is 0 Å². The summed E-state index contributed by atoms with van der Waals surface area (Å²) in [6.45, 7) is 0.112. The van der Waals surface area contributed by atoms with Gasteiger partial charge in [-0.15, -0.1) is 0 Å². The summed E-state index contributed by atoms with van der Waals surface area (Å²) in [5, 5.41) is 5.24. The van der Waals surface area contributed by atoms with E-state index in [2.05, 4.69) is 10.6 Å². The molecule has 0 radical (unpaired) electrons. The first-order valence-corrected chi connectivity index (χ1v) is 5.86. The summed E-state index contributed by atoms with van der Waals surface area (Å²) in [7, 11) is 1.64. The van der Waals surface area contributed by atoms with Crippen molar-refractivity contribution in [1.29, 1.82) is 0 Å². The quantitative estimate of drug-likeness (QED) is 0.831. The largest absolute Gasteiger partial charge is 0.354 e. The van der Waals surface area contributed by atoms with Gasteiger partial charge < -0.3 is 10.6 Å². The summed E-state index contributed by atoms with van der Waals surface area (Å²) >= 11 is 0. The third kappa shape index (κ3) is 2.22. The molecule has 0 bridgehead atoms. The van der Waals surface area contributed by atoms with Crippen molar-refractivity contribution in [2.75, 3.05) is 20.1 Å². The number of carbonyl (C=O) groups excluding carboxylic acids is 1. The van der Waals surface area contributed by atoms with E-state index in [1.807, 2.05) is 0 Å². The predicted molar refractivity (Wildman–Crippen MR) is 64.6 cm³/mol. The molecule has 5 heteroatoms. The second-order valence-corrected chi connectivity index (χ2v) is 4.64. The predicted octanol–water partition coefficient (Wildman–Crippen LogP) is 1.30. The Morgan fingerprint density at radius 3 is 2.44 bits per heavy atom. The monoisotopic (exact) mass is 254 g/mol. The molecule has 3 nitrogen and oxygen atoms in total. The fourth-order valence-corrected chi connectivity index (χ4v) is 2.17. The van der Waals surface area contributed by atoms with Gasteiger partial charge in [-0.1, -0.05) is 30.3 Å². The van der Waals surface area contributed by atoms with E-state index < -0.39 is 11.3 Å². The van der Waals surface area contributed by atoms with Gasteiger partial charge in [-0.05, 0) is 12.6 Å². The van der Waals surface area contributed by atoms with Crippen LogP contribution in [0, 0.1) is 0 Å². The van der Waals surface area contributed by atoms with Gasteiger partial charge in [-0.3, -0.25) is 4.79 Å². The van der Waals surface area contributed by atoms with Crippen LogP contribution in [0.15, 0.2) is 30.3 Å². The number of likely N-dealkylation sites (N-methyl/N-ethyl adjacent to an activating group) is 1. The number of halogens is 2. The van der Waals surface area contributed by atoms with E-state index in [1.165, 1.54) is 0 Å². The van der Waals surface area contributed by atoms with Crippen LogP contribution in [0.2, 0.25) is 0 Å². The van der Waals surface area contributed by atoms with Gasteiger partial charge in [-0.2, -0.15) is 0 Å².